The lowest BCUT2D eigenvalue weighted by Gasteiger charge is -2.29. The van der Waals surface area contributed by atoms with E-state index in [0.717, 1.165) is 31.5 Å². The fourth-order valence-electron chi connectivity index (χ4n) is 3.62. The summed E-state index contributed by atoms with van der Waals surface area (Å²) in [5.74, 6) is 2.82. The van der Waals surface area contributed by atoms with E-state index >= 15 is 0 Å². The van der Waals surface area contributed by atoms with Crippen LogP contribution in [-0.2, 0) is 4.79 Å². The van der Waals surface area contributed by atoms with Crippen LogP contribution in [-0.4, -0.2) is 47.4 Å². The number of carbonyl (C=O) groups excluding carboxylic acids is 1. The molecule has 5 rings (SSSR count). The number of thiophene rings is 1. The molecule has 1 fully saturated rings. The molecule has 9 heteroatoms. The highest BCUT2D eigenvalue weighted by atomic mass is 32.1. The Morgan fingerprint density at radius 2 is 2.03 bits per heavy atom. The summed E-state index contributed by atoms with van der Waals surface area (Å²) in [7, 11) is 0. The fraction of sp³-hybridized carbons (Fsp3) is 0.350. The van der Waals surface area contributed by atoms with Crippen LogP contribution in [0.2, 0.25) is 0 Å². The van der Waals surface area contributed by atoms with Crippen molar-refractivity contribution in [1.29, 1.82) is 0 Å². The van der Waals surface area contributed by atoms with Gasteiger partial charge in [0.05, 0.1) is 6.54 Å². The molecule has 0 radical (unpaired) electrons. The zero-order valence-corrected chi connectivity index (χ0v) is 16.5. The van der Waals surface area contributed by atoms with E-state index in [0.29, 0.717) is 35.5 Å². The van der Waals surface area contributed by atoms with Crippen LogP contribution in [0.25, 0.3) is 11.5 Å². The third-order valence-corrected chi connectivity index (χ3v) is 5.85. The van der Waals surface area contributed by atoms with Crippen molar-refractivity contribution in [2.24, 2.45) is 0 Å². The summed E-state index contributed by atoms with van der Waals surface area (Å²) in [5.41, 5.74) is 1.67. The molecule has 3 aromatic rings. The summed E-state index contributed by atoms with van der Waals surface area (Å²) in [4.78, 5) is 14.6. The minimum Gasteiger partial charge on any atom is -0.454 e. The number of amides is 1. The molecule has 0 unspecified atom stereocenters. The summed E-state index contributed by atoms with van der Waals surface area (Å²) in [6, 6.07) is 7.38. The molecule has 29 heavy (non-hydrogen) atoms. The Hall–Kier alpha value is -2.91. The average Bonchev–Trinajstić information content (AvgIpc) is 3.48. The number of aromatic nitrogens is 2. The van der Waals surface area contributed by atoms with Crippen LogP contribution >= 0.6 is 11.3 Å². The molecule has 0 atom stereocenters. The minimum absolute atomic E-state index is 0.0418. The van der Waals surface area contributed by atoms with Gasteiger partial charge in [-0.05, 0) is 49.5 Å². The van der Waals surface area contributed by atoms with Crippen LogP contribution in [0, 0.1) is 0 Å². The van der Waals surface area contributed by atoms with Gasteiger partial charge in [0, 0.05) is 28.6 Å². The Morgan fingerprint density at radius 3 is 2.86 bits per heavy atom. The number of fused-ring (bicyclic) bond motifs is 1. The summed E-state index contributed by atoms with van der Waals surface area (Å²) in [6.07, 6.45) is 1.78. The molecule has 4 heterocycles. The molecule has 0 aliphatic carbocycles. The highest BCUT2D eigenvalue weighted by Crippen LogP contribution is 2.34. The van der Waals surface area contributed by atoms with Gasteiger partial charge >= 0.3 is 0 Å². The van der Waals surface area contributed by atoms with E-state index in [1.54, 1.807) is 23.5 Å². The third-order valence-electron chi connectivity index (χ3n) is 5.17. The van der Waals surface area contributed by atoms with E-state index in [1.165, 1.54) is 0 Å². The van der Waals surface area contributed by atoms with Gasteiger partial charge in [-0.3, -0.25) is 9.69 Å². The van der Waals surface area contributed by atoms with Gasteiger partial charge in [0.15, 0.2) is 11.5 Å². The van der Waals surface area contributed by atoms with Gasteiger partial charge in [0.2, 0.25) is 24.5 Å². The zero-order valence-electron chi connectivity index (χ0n) is 15.7. The highest BCUT2D eigenvalue weighted by molar-refractivity contribution is 7.08. The highest BCUT2D eigenvalue weighted by Gasteiger charge is 2.26. The van der Waals surface area contributed by atoms with Gasteiger partial charge in [-0.25, -0.2) is 0 Å². The average molecular weight is 412 g/mol. The number of piperidine rings is 1. The van der Waals surface area contributed by atoms with Gasteiger partial charge in [0.25, 0.3) is 0 Å². The second-order valence-corrected chi connectivity index (χ2v) is 7.90. The van der Waals surface area contributed by atoms with E-state index < -0.39 is 0 Å². The molecule has 2 aliphatic rings. The summed E-state index contributed by atoms with van der Waals surface area (Å²) >= 11 is 1.61. The summed E-state index contributed by atoms with van der Waals surface area (Å²) in [5, 5.41) is 15.3. The van der Waals surface area contributed by atoms with Crippen molar-refractivity contribution >= 4 is 22.9 Å². The zero-order chi connectivity index (χ0) is 19.6. The first kappa shape index (κ1) is 18.1. The largest absolute Gasteiger partial charge is 0.454 e. The van der Waals surface area contributed by atoms with E-state index in [-0.39, 0.29) is 18.6 Å². The fourth-order valence-corrected chi connectivity index (χ4v) is 4.25. The lowest BCUT2D eigenvalue weighted by molar-refractivity contribution is -0.117. The van der Waals surface area contributed by atoms with Crippen molar-refractivity contribution in [3.63, 3.8) is 0 Å². The summed E-state index contributed by atoms with van der Waals surface area (Å²) < 4.78 is 16.5. The molecule has 2 aliphatic heterocycles. The molecule has 150 valence electrons. The summed E-state index contributed by atoms with van der Waals surface area (Å²) in [6.45, 7) is 2.20. The number of likely N-dealkylation sites (tertiary alicyclic amines) is 1. The van der Waals surface area contributed by atoms with Gasteiger partial charge in [-0.1, -0.05) is 0 Å². The van der Waals surface area contributed by atoms with Crippen LogP contribution < -0.4 is 14.8 Å². The number of nitrogens with zero attached hydrogens (tertiary/aromatic N) is 3. The molecule has 0 saturated carbocycles. The normalized spacial score (nSPS) is 16.8. The maximum Gasteiger partial charge on any atom is 0.248 e. The number of anilines is 1. The number of hydrogen-bond acceptors (Lipinski definition) is 8. The van der Waals surface area contributed by atoms with Gasteiger partial charge in [-0.2, -0.15) is 11.3 Å². The quantitative estimate of drug-likeness (QED) is 0.687. The van der Waals surface area contributed by atoms with Crippen LogP contribution in [0.5, 0.6) is 11.5 Å². The van der Waals surface area contributed by atoms with E-state index in [9.17, 15) is 4.79 Å². The van der Waals surface area contributed by atoms with Crippen LogP contribution in [0.4, 0.5) is 5.69 Å². The van der Waals surface area contributed by atoms with E-state index in [4.69, 9.17) is 13.9 Å². The molecule has 2 aromatic heterocycles. The Morgan fingerprint density at radius 1 is 1.17 bits per heavy atom. The predicted molar refractivity (Wildman–Crippen MR) is 107 cm³/mol. The molecular formula is C20H20N4O4S. The number of hydrogen-bond donors (Lipinski definition) is 1. The van der Waals surface area contributed by atoms with Crippen molar-refractivity contribution in [1.82, 2.24) is 15.1 Å². The SMILES string of the molecule is O=C(CN1CCC(c2nnc(-c3ccsc3)o2)CC1)Nc1ccc2c(c1)OCO2. The molecule has 1 N–H and O–H groups in total. The predicted octanol–water partition coefficient (Wildman–Crippen LogP) is 3.34. The van der Waals surface area contributed by atoms with Crippen LogP contribution in [0.15, 0.2) is 39.4 Å². The maximum absolute atomic E-state index is 12.4. The molecule has 1 amide bonds. The second-order valence-electron chi connectivity index (χ2n) is 7.12. The third kappa shape index (κ3) is 3.96. The molecule has 1 saturated heterocycles. The van der Waals surface area contributed by atoms with Gasteiger partial charge in [-0.15, -0.1) is 10.2 Å². The van der Waals surface area contributed by atoms with Crippen molar-refractivity contribution < 1.29 is 18.7 Å². The number of rotatable bonds is 5. The first-order valence-electron chi connectivity index (χ1n) is 9.52. The van der Waals surface area contributed by atoms with Crippen LogP contribution in [0.3, 0.4) is 0 Å². The Balaban J connectivity index is 1.13. The van der Waals surface area contributed by atoms with Crippen molar-refractivity contribution in [2.45, 2.75) is 18.8 Å². The first-order valence-corrected chi connectivity index (χ1v) is 10.5. The molecule has 8 nitrogen and oxygen atoms in total. The van der Waals surface area contributed by atoms with E-state index in [2.05, 4.69) is 20.4 Å². The molecular weight excluding hydrogens is 392 g/mol. The Labute approximate surface area is 171 Å². The maximum atomic E-state index is 12.4. The lowest BCUT2D eigenvalue weighted by atomic mass is 9.97. The van der Waals surface area contributed by atoms with Crippen molar-refractivity contribution in [3.05, 3.63) is 40.9 Å². The Kier molecular flexibility index (Phi) is 4.91. The van der Waals surface area contributed by atoms with Gasteiger partial charge in [0.1, 0.15) is 0 Å². The van der Waals surface area contributed by atoms with Crippen molar-refractivity contribution in [2.75, 3.05) is 31.7 Å². The topological polar surface area (TPSA) is 89.7 Å². The number of nitrogens with one attached hydrogen (secondary N) is 1. The van der Waals surface area contributed by atoms with Crippen LogP contribution in [0.1, 0.15) is 24.7 Å². The number of benzene rings is 1. The monoisotopic (exact) mass is 412 g/mol. The number of carbonyl (C=O) groups is 1. The van der Waals surface area contributed by atoms with Crippen molar-refractivity contribution in [3.8, 4) is 23.0 Å². The van der Waals surface area contributed by atoms with E-state index in [1.807, 2.05) is 22.9 Å². The molecule has 1 aromatic carbocycles. The first-order chi connectivity index (χ1) is 14.2. The lowest BCUT2D eigenvalue weighted by Crippen LogP contribution is -2.38. The Bertz CT molecular complexity index is 996. The smallest absolute Gasteiger partial charge is 0.248 e. The standard InChI is InChI=1S/C20H20N4O4S/c25-18(21-15-1-2-16-17(9-15)27-12-26-16)10-24-6-3-13(4-7-24)19-22-23-20(28-19)14-5-8-29-11-14/h1-2,5,8-9,11,13H,3-4,6-7,10,12H2,(H,21,25). The number of ether oxygens (including phenoxy) is 2. The molecule has 0 bridgehead atoms. The molecule has 0 spiro atoms. The van der Waals surface area contributed by atoms with Gasteiger partial charge < -0.3 is 19.2 Å². The second kappa shape index (κ2) is 7.84. The minimum atomic E-state index is -0.0418.